The van der Waals surface area contributed by atoms with Crippen molar-refractivity contribution in [1.29, 1.82) is 0 Å². The fourth-order valence-corrected chi connectivity index (χ4v) is 2.22. The molecule has 21 heavy (non-hydrogen) atoms. The molecular formula is C18H22N2O. The maximum absolute atomic E-state index is 12.4. The molecule has 0 atom stereocenters. The molecule has 3 nitrogen and oxygen atoms in total. The normalized spacial score (nSPS) is 10.4. The van der Waals surface area contributed by atoms with Gasteiger partial charge in [-0.25, -0.2) is 0 Å². The van der Waals surface area contributed by atoms with Gasteiger partial charge in [-0.1, -0.05) is 31.2 Å². The molecule has 0 aliphatic heterocycles. The Labute approximate surface area is 126 Å². The third kappa shape index (κ3) is 3.92. The molecule has 2 N–H and O–H groups in total. The first kappa shape index (κ1) is 15.3. The van der Waals surface area contributed by atoms with E-state index in [1.165, 1.54) is 0 Å². The zero-order chi connectivity index (χ0) is 15.2. The minimum Gasteiger partial charge on any atom is -0.322 e. The van der Waals surface area contributed by atoms with Crippen LogP contribution < -0.4 is 10.6 Å². The van der Waals surface area contributed by atoms with Crippen LogP contribution in [0.15, 0.2) is 42.5 Å². The van der Waals surface area contributed by atoms with Crippen molar-refractivity contribution in [1.82, 2.24) is 5.32 Å². The number of carbonyl (C=O) groups excluding carboxylic acids is 1. The van der Waals surface area contributed by atoms with E-state index >= 15 is 0 Å². The lowest BCUT2D eigenvalue weighted by Gasteiger charge is -2.10. The van der Waals surface area contributed by atoms with Gasteiger partial charge in [-0.15, -0.1) is 0 Å². The lowest BCUT2D eigenvalue weighted by Crippen LogP contribution is -2.15. The standard InChI is InChI=1S/C18H22N2O/c1-4-19-12-15-8-6-9-16(11-15)20-18(21)17-10-5-7-13(2)14(17)3/h5-11,19H,4,12H2,1-3H3,(H,20,21). The summed E-state index contributed by atoms with van der Waals surface area (Å²) < 4.78 is 0. The molecule has 0 unspecified atom stereocenters. The Hall–Kier alpha value is -2.13. The van der Waals surface area contributed by atoms with Crippen molar-refractivity contribution in [2.45, 2.75) is 27.3 Å². The maximum Gasteiger partial charge on any atom is 0.255 e. The van der Waals surface area contributed by atoms with Gasteiger partial charge in [0.05, 0.1) is 0 Å². The highest BCUT2D eigenvalue weighted by Gasteiger charge is 2.10. The van der Waals surface area contributed by atoms with E-state index in [0.717, 1.165) is 41.0 Å². The van der Waals surface area contributed by atoms with Crippen LogP contribution in [-0.2, 0) is 6.54 Å². The Morgan fingerprint density at radius 1 is 1.10 bits per heavy atom. The highest BCUT2D eigenvalue weighted by atomic mass is 16.1. The van der Waals surface area contributed by atoms with Gasteiger partial charge in [0.15, 0.2) is 0 Å². The second-order valence-electron chi connectivity index (χ2n) is 5.18. The highest BCUT2D eigenvalue weighted by Crippen LogP contribution is 2.16. The molecule has 0 radical (unpaired) electrons. The first-order valence-electron chi connectivity index (χ1n) is 7.29. The molecule has 110 valence electrons. The molecule has 3 heteroatoms. The highest BCUT2D eigenvalue weighted by molar-refractivity contribution is 6.05. The topological polar surface area (TPSA) is 41.1 Å². The summed E-state index contributed by atoms with van der Waals surface area (Å²) in [6, 6.07) is 13.7. The molecule has 2 aromatic rings. The Bertz CT molecular complexity index is 635. The minimum absolute atomic E-state index is 0.0585. The van der Waals surface area contributed by atoms with Gasteiger partial charge >= 0.3 is 0 Å². The van der Waals surface area contributed by atoms with E-state index in [-0.39, 0.29) is 5.91 Å². The van der Waals surface area contributed by atoms with Crippen LogP contribution in [0.25, 0.3) is 0 Å². The Morgan fingerprint density at radius 3 is 2.62 bits per heavy atom. The summed E-state index contributed by atoms with van der Waals surface area (Å²) in [5.74, 6) is -0.0585. The number of aryl methyl sites for hydroxylation is 1. The molecule has 0 aromatic heterocycles. The summed E-state index contributed by atoms with van der Waals surface area (Å²) in [4.78, 5) is 12.4. The van der Waals surface area contributed by atoms with Crippen molar-refractivity contribution >= 4 is 11.6 Å². The quantitative estimate of drug-likeness (QED) is 0.878. The maximum atomic E-state index is 12.4. The van der Waals surface area contributed by atoms with Crippen LogP contribution >= 0.6 is 0 Å². The van der Waals surface area contributed by atoms with Gasteiger partial charge in [-0.3, -0.25) is 4.79 Å². The van der Waals surface area contributed by atoms with E-state index in [1.807, 2.05) is 50.2 Å². The van der Waals surface area contributed by atoms with E-state index < -0.39 is 0 Å². The lowest BCUT2D eigenvalue weighted by molar-refractivity contribution is 0.102. The lowest BCUT2D eigenvalue weighted by atomic mass is 10.0. The van der Waals surface area contributed by atoms with Crippen molar-refractivity contribution < 1.29 is 4.79 Å². The summed E-state index contributed by atoms with van der Waals surface area (Å²) in [7, 11) is 0. The van der Waals surface area contributed by atoms with E-state index in [1.54, 1.807) is 0 Å². The van der Waals surface area contributed by atoms with Crippen LogP contribution in [0.3, 0.4) is 0 Å². The van der Waals surface area contributed by atoms with Crippen molar-refractivity contribution in [3.8, 4) is 0 Å². The molecule has 2 aromatic carbocycles. The Morgan fingerprint density at radius 2 is 1.86 bits per heavy atom. The van der Waals surface area contributed by atoms with Gasteiger partial charge in [-0.05, 0) is 55.3 Å². The molecule has 0 bridgehead atoms. The van der Waals surface area contributed by atoms with Crippen LogP contribution in [0, 0.1) is 13.8 Å². The second-order valence-corrected chi connectivity index (χ2v) is 5.18. The van der Waals surface area contributed by atoms with Crippen molar-refractivity contribution in [2.24, 2.45) is 0 Å². The van der Waals surface area contributed by atoms with Gasteiger partial charge < -0.3 is 10.6 Å². The number of anilines is 1. The number of rotatable bonds is 5. The van der Waals surface area contributed by atoms with E-state index in [9.17, 15) is 4.79 Å². The monoisotopic (exact) mass is 282 g/mol. The fourth-order valence-electron chi connectivity index (χ4n) is 2.22. The van der Waals surface area contributed by atoms with E-state index in [4.69, 9.17) is 0 Å². The third-order valence-electron chi connectivity index (χ3n) is 3.61. The second kappa shape index (κ2) is 7.04. The third-order valence-corrected chi connectivity index (χ3v) is 3.61. The molecule has 2 rings (SSSR count). The predicted molar refractivity (Wildman–Crippen MR) is 87.7 cm³/mol. The van der Waals surface area contributed by atoms with Gasteiger partial charge in [0.1, 0.15) is 0 Å². The largest absolute Gasteiger partial charge is 0.322 e. The number of hydrogen-bond donors (Lipinski definition) is 2. The van der Waals surface area contributed by atoms with E-state index in [0.29, 0.717) is 0 Å². The first-order chi connectivity index (χ1) is 10.1. The van der Waals surface area contributed by atoms with Crippen LogP contribution in [0.1, 0.15) is 34.0 Å². The van der Waals surface area contributed by atoms with Gasteiger partial charge in [0, 0.05) is 17.8 Å². The molecule has 0 heterocycles. The van der Waals surface area contributed by atoms with Crippen molar-refractivity contribution in [3.05, 3.63) is 64.7 Å². The number of benzene rings is 2. The summed E-state index contributed by atoms with van der Waals surface area (Å²) in [5.41, 5.74) is 4.88. The average molecular weight is 282 g/mol. The molecule has 0 aliphatic carbocycles. The summed E-state index contributed by atoms with van der Waals surface area (Å²) in [5, 5.41) is 6.26. The molecule has 1 amide bonds. The average Bonchev–Trinajstić information content (AvgIpc) is 2.48. The molecule has 0 aliphatic rings. The predicted octanol–water partition coefficient (Wildman–Crippen LogP) is 3.67. The van der Waals surface area contributed by atoms with Crippen LogP contribution in [0.5, 0.6) is 0 Å². The molecular weight excluding hydrogens is 260 g/mol. The van der Waals surface area contributed by atoms with Crippen molar-refractivity contribution in [2.75, 3.05) is 11.9 Å². The molecule has 0 saturated carbocycles. The number of hydrogen-bond acceptors (Lipinski definition) is 2. The van der Waals surface area contributed by atoms with Gasteiger partial charge in [0.2, 0.25) is 0 Å². The molecule has 0 fully saturated rings. The number of carbonyl (C=O) groups is 1. The van der Waals surface area contributed by atoms with Crippen LogP contribution in [-0.4, -0.2) is 12.5 Å². The smallest absolute Gasteiger partial charge is 0.255 e. The van der Waals surface area contributed by atoms with Crippen LogP contribution in [0.4, 0.5) is 5.69 Å². The zero-order valence-corrected chi connectivity index (χ0v) is 12.9. The SMILES string of the molecule is CCNCc1cccc(NC(=O)c2cccc(C)c2C)c1. The molecule has 0 saturated heterocycles. The Balaban J connectivity index is 2.14. The van der Waals surface area contributed by atoms with Crippen molar-refractivity contribution in [3.63, 3.8) is 0 Å². The van der Waals surface area contributed by atoms with E-state index in [2.05, 4.69) is 23.6 Å². The Kier molecular flexibility index (Phi) is 5.12. The zero-order valence-electron chi connectivity index (χ0n) is 12.9. The summed E-state index contributed by atoms with van der Waals surface area (Å²) >= 11 is 0. The first-order valence-corrected chi connectivity index (χ1v) is 7.29. The number of amides is 1. The fraction of sp³-hybridized carbons (Fsp3) is 0.278. The minimum atomic E-state index is -0.0585. The summed E-state index contributed by atoms with van der Waals surface area (Å²) in [6.45, 7) is 7.81. The van der Waals surface area contributed by atoms with Crippen LogP contribution in [0.2, 0.25) is 0 Å². The molecule has 0 spiro atoms. The summed E-state index contributed by atoms with van der Waals surface area (Å²) in [6.07, 6.45) is 0. The van der Waals surface area contributed by atoms with Gasteiger partial charge in [-0.2, -0.15) is 0 Å². The van der Waals surface area contributed by atoms with Gasteiger partial charge in [0.25, 0.3) is 5.91 Å². The number of nitrogens with one attached hydrogen (secondary N) is 2.